The Bertz CT molecular complexity index is 725. The number of carbonyl (C=O) groups excluding carboxylic acids is 3. The van der Waals surface area contributed by atoms with Gasteiger partial charge in [0.1, 0.15) is 12.1 Å². The van der Waals surface area contributed by atoms with Crippen LogP contribution in [0.3, 0.4) is 0 Å². The zero-order valence-electron chi connectivity index (χ0n) is 17.3. The van der Waals surface area contributed by atoms with Crippen LogP contribution in [-0.2, 0) is 20.7 Å². The maximum absolute atomic E-state index is 12.2. The Morgan fingerprint density at radius 2 is 1.79 bits per heavy atom. The molecule has 2 N–H and O–H groups in total. The molecule has 7 nitrogen and oxygen atoms in total. The van der Waals surface area contributed by atoms with Crippen LogP contribution in [-0.4, -0.2) is 54.6 Å². The summed E-state index contributed by atoms with van der Waals surface area (Å²) in [4.78, 5) is 37.8. The fraction of sp³-hybridized carbons (Fsp3) is 0.571. The normalized spacial score (nSPS) is 15.0. The van der Waals surface area contributed by atoms with Gasteiger partial charge in [-0.15, -0.1) is 0 Å². The number of halogens is 1. The summed E-state index contributed by atoms with van der Waals surface area (Å²) < 4.78 is 5.13. The summed E-state index contributed by atoms with van der Waals surface area (Å²) in [5.41, 5.74) is 0.214. The Hall–Kier alpha value is -2.28. The van der Waals surface area contributed by atoms with E-state index in [0.717, 1.165) is 18.4 Å². The van der Waals surface area contributed by atoms with E-state index in [2.05, 4.69) is 10.6 Å². The highest BCUT2D eigenvalue weighted by molar-refractivity contribution is 6.31. The summed E-state index contributed by atoms with van der Waals surface area (Å²) in [6.07, 6.45) is 1.28. The van der Waals surface area contributed by atoms with Crippen molar-refractivity contribution in [3.8, 4) is 0 Å². The molecule has 1 fully saturated rings. The molecule has 0 unspecified atom stereocenters. The van der Waals surface area contributed by atoms with Crippen LogP contribution in [0.1, 0.15) is 39.2 Å². The van der Waals surface area contributed by atoms with Gasteiger partial charge in [0.15, 0.2) is 0 Å². The number of hydrogen-bond acceptors (Lipinski definition) is 4. The minimum atomic E-state index is -0.595. The Kier molecular flexibility index (Phi) is 8.32. The van der Waals surface area contributed by atoms with Crippen molar-refractivity contribution >= 4 is 29.5 Å². The SMILES string of the molecule is CC(C)(C)OC(=O)NCC(=O)N1CCC(CNC(=O)Cc2ccccc2Cl)CC1. The van der Waals surface area contributed by atoms with E-state index in [1.165, 1.54) is 0 Å². The van der Waals surface area contributed by atoms with E-state index in [1.54, 1.807) is 31.7 Å². The first-order chi connectivity index (χ1) is 13.6. The van der Waals surface area contributed by atoms with E-state index in [-0.39, 0.29) is 24.8 Å². The lowest BCUT2D eigenvalue weighted by Gasteiger charge is -2.32. The fourth-order valence-electron chi connectivity index (χ4n) is 3.10. The molecule has 0 saturated carbocycles. The van der Waals surface area contributed by atoms with Crippen LogP contribution in [0.2, 0.25) is 5.02 Å². The molecule has 1 aromatic carbocycles. The second-order valence-electron chi connectivity index (χ2n) is 8.25. The van der Waals surface area contributed by atoms with Gasteiger partial charge in [-0.25, -0.2) is 4.79 Å². The molecular weight excluding hydrogens is 394 g/mol. The van der Waals surface area contributed by atoms with E-state index in [0.29, 0.717) is 30.6 Å². The lowest BCUT2D eigenvalue weighted by atomic mass is 9.96. The molecule has 1 heterocycles. The third-order valence-corrected chi connectivity index (χ3v) is 5.02. The number of likely N-dealkylation sites (tertiary alicyclic amines) is 1. The maximum atomic E-state index is 12.2. The summed E-state index contributed by atoms with van der Waals surface area (Å²) in [7, 11) is 0. The smallest absolute Gasteiger partial charge is 0.408 e. The molecule has 29 heavy (non-hydrogen) atoms. The predicted molar refractivity (Wildman–Crippen MR) is 112 cm³/mol. The number of nitrogens with one attached hydrogen (secondary N) is 2. The van der Waals surface area contributed by atoms with E-state index in [4.69, 9.17) is 16.3 Å². The highest BCUT2D eigenvalue weighted by atomic mass is 35.5. The zero-order valence-corrected chi connectivity index (χ0v) is 18.1. The van der Waals surface area contributed by atoms with Crippen LogP contribution in [0.25, 0.3) is 0 Å². The lowest BCUT2D eigenvalue weighted by molar-refractivity contribution is -0.131. The first kappa shape index (κ1) is 23.0. The molecule has 1 aliphatic rings. The van der Waals surface area contributed by atoms with Gasteiger partial charge in [0, 0.05) is 24.7 Å². The van der Waals surface area contributed by atoms with Crippen molar-refractivity contribution in [2.75, 3.05) is 26.2 Å². The van der Waals surface area contributed by atoms with Crippen molar-refractivity contribution in [2.24, 2.45) is 5.92 Å². The third kappa shape index (κ3) is 8.31. The third-order valence-electron chi connectivity index (χ3n) is 4.65. The Labute approximate surface area is 177 Å². The summed E-state index contributed by atoms with van der Waals surface area (Å²) >= 11 is 6.09. The van der Waals surface area contributed by atoms with Crippen LogP contribution in [0.4, 0.5) is 4.79 Å². The number of piperidine rings is 1. The molecule has 1 aliphatic heterocycles. The molecule has 0 radical (unpaired) electrons. The van der Waals surface area contributed by atoms with Crippen molar-refractivity contribution < 1.29 is 19.1 Å². The first-order valence-corrected chi connectivity index (χ1v) is 10.3. The second kappa shape index (κ2) is 10.5. The molecule has 0 spiro atoms. The molecule has 0 bridgehead atoms. The topological polar surface area (TPSA) is 87.7 Å². The van der Waals surface area contributed by atoms with Gasteiger partial charge in [0.05, 0.1) is 6.42 Å². The van der Waals surface area contributed by atoms with Gasteiger partial charge < -0.3 is 20.3 Å². The number of hydrogen-bond donors (Lipinski definition) is 2. The predicted octanol–water partition coefficient (Wildman–Crippen LogP) is 2.76. The van der Waals surface area contributed by atoms with Gasteiger partial charge in [0.2, 0.25) is 11.8 Å². The fourth-order valence-corrected chi connectivity index (χ4v) is 3.30. The van der Waals surface area contributed by atoms with Gasteiger partial charge in [-0.1, -0.05) is 29.8 Å². The van der Waals surface area contributed by atoms with Crippen molar-refractivity contribution in [1.29, 1.82) is 0 Å². The van der Waals surface area contributed by atoms with Crippen molar-refractivity contribution in [2.45, 2.75) is 45.6 Å². The average molecular weight is 424 g/mol. The minimum absolute atomic E-state index is 0.0573. The number of benzene rings is 1. The quantitative estimate of drug-likeness (QED) is 0.736. The van der Waals surface area contributed by atoms with Gasteiger partial charge in [0.25, 0.3) is 0 Å². The Balaban J connectivity index is 1.65. The van der Waals surface area contributed by atoms with Crippen molar-refractivity contribution in [3.05, 3.63) is 34.9 Å². The summed E-state index contributed by atoms with van der Waals surface area (Å²) in [5, 5.41) is 6.05. The standard InChI is InChI=1S/C21H30ClN3O4/c1-21(2,3)29-20(28)24-14-19(27)25-10-8-15(9-11-25)13-23-18(26)12-16-6-4-5-7-17(16)22/h4-7,15H,8-14H2,1-3H3,(H,23,26)(H,24,28). The number of alkyl carbamates (subject to hydrolysis) is 1. The largest absolute Gasteiger partial charge is 0.444 e. The number of ether oxygens (including phenoxy) is 1. The monoisotopic (exact) mass is 423 g/mol. The molecule has 0 atom stereocenters. The van der Waals surface area contributed by atoms with E-state index < -0.39 is 11.7 Å². The second-order valence-corrected chi connectivity index (χ2v) is 8.66. The molecule has 0 aromatic heterocycles. The number of nitrogens with zero attached hydrogens (tertiary/aromatic N) is 1. The summed E-state index contributed by atoms with van der Waals surface area (Å²) in [5.74, 6) is 0.142. The first-order valence-electron chi connectivity index (χ1n) is 9.89. The average Bonchev–Trinajstić information content (AvgIpc) is 2.65. The molecule has 0 aliphatic carbocycles. The molecule has 3 amide bonds. The highest BCUT2D eigenvalue weighted by Crippen LogP contribution is 2.18. The lowest BCUT2D eigenvalue weighted by Crippen LogP contribution is -2.46. The van der Waals surface area contributed by atoms with Crippen LogP contribution in [0, 0.1) is 5.92 Å². The van der Waals surface area contributed by atoms with Crippen LogP contribution in [0.5, 0.6) is 0 Å². The summed E-state index contributed by atoms with van der Waals surface area (Å²) in [6, 6.07) is 7.31. The Morgan fingerprint density at radius 1 is 1.14 bits per heavy atom. The van der Waals surface area contributed by atoms with E-state index in [9.17, 15) is 14.4 Å². The minimum Gasteiger partial charge on any atom is -0.444 e. The van der Waals surface area contributed by atoms with E-state index in [1.807, 2.05) is 18.2 Å². The van der Waals surface area contributed by atoms with Crippen LogP contribution < -0.4 is 10.6 Å². The van der Waals surface area contributed by atoms with Crippen LogP contribution >= 0.6 is 11.6 Å². The van der Waals surface area contributed by atoms with Crippen LogP contribution in [0.15, 0.2) is 24.3 Å². The molecule has 1 saturated heterocycles. The van der Waals surface area contributed by atoms with E-state index >= 15 is 0 Å². The molecule has 160 valence electrons. The number of amides is 3. The molecular formula is C21H30ClN3O4. The molecule has 1 aromatic rings. The van der Waals surface area contributed by atoms with Crippen molar-refractivity contribution in [3.63, 3.8) is 0 Å². The van der Waals surface area contributed by atoms with Crippen molar-refractivity contribution in [1.82, 2.24) is 15.5 Å². The van der Waals surface area contributed by atoms with Gasteiger partial charge in [-0.05, 0) is 51.2 Å². The van der Waals surface area contributed by atoms with Gasteiger partial charge >= 0.3 is 6.09 Å². The number of rotatable bonds is 6. The van der Waals surface area contributed by atoms with Gasteiger partial charge in [-0.2, -0.15) is 0 Å². The molecule has 8 heteroatoms. The maximum Gasteiger partial charge on any atom is 0.408 e. The zero-order chi connectivity index (χ0) is 21.4. The number of carbonyl (C=O) groups is 3. The molecule has 2 rings (SSSR count). The Morgan fingerprint density at radius 3 is 2.41 bits per heavy atom. The highest BCUT2D eigenvalue weighted by Gasteiger charge is 2.24. The van der Waals surface area contributed by atoms with Gasteiger partial charge in [-0.3, -0.25) is 9.59 Å². The summed E-state index contributed by atoms with van der Waals surface area (Å²) in [6.45, 7) is 7.04.